The zero-order valence-electron chi connectivity index (χ0n) is 8.40. The van der Waals surface area contributed by atoms with Crippen LogP contribution in [-0.4, -0.2) is 26.5 Å². The van der Waals surface area contributed by atoms with Crippen molar-refractivity contribution in [3.8, 4) is 0 Å². The number of sulfonamides is 1. The molecule has 1 aromatic carbocycles. The number of carboxylic acid groups (broad SMARTS) is 1. The molecule has 0 aliphatic carbocycles. The molecule has 0 bridgehead atoms. The van der Waals surface area contributed by atoms with Gasteiger partial charge >= 0.3 is 5.97 Å². The van der Waals surface area contributed by atoms with Gasteiger partial charge in [0, 0.05) is 5.02 Å². The summed E-state index contributed by atoms with van der Waals surface area (Å²) in [4.78, 5) is 10.5. The number of nitrogens with one attached hydrogen (secondary N) is 1. The van der Waals surface area contributed by atoms with E-state index in [0.717, 1.165) is 0 Å². The zero-order valence-corrected chi connectivity index (χ0v) is 9.97. The normalized spacial score (nSPS) is 11.4. The SMILES string of the molecule is CNS(=O)(=O)c1cc(Cl)ccc1CC(=O)O. The molecule has 0 saturated heterocycles. The molecule has 0 spiro atoms. The van der Waals surface area contributed by atoms with E-state index >= 15 is 0 Å². The van der Waals surface area contributed by atoms with Crippen LogP contribution in [0.1, 0.15) is 5.56 Å². The van der Waals surface area contributed by atoms with E-state index in [-0.39, 0.29) is 21.9 Å². The second kappa shape index (κ2) is 4.82. The van der Waals surface area contributed by atoms with Gasteiger partial charge in [0.05, 0.1) is 11.3 Å². The second-order valence-corrected chi connectivity index (χ2v) is 5.32. The summed E-state index contributed by atoms with van der Waals surface area (Å²) in [6.07, 6.45) is -0.368. The Kier molecular flexibility index (Phi) is 3.90. The van der Waals surface area contributed by atoms with E-state index < -0.39 is 16.0 Å². The standard InChI is InChI=1S/C9H10ClNO4S/c1-11-16(14,15)8-5-7(10)3-2-6(8)4-9(12)13/h2-3,5,11H,4H2,1H3,(H,12,13). The molecule has 0 aliphatic rings. The average molecular weight is 264 g/mol. The van der Waals surface area contributed by atoms with Crippen LogP contribution in [0.25, 0.3) is 0 Å². The third-order valence-corrected chi connectivity index (χ3v) is 3.66. The van der Waals surface area contributed by atoms with Crippen molar-refractivity contribution in [2.75, 3.05) is 7.05 Å². The lowest BCUT2D eigenvalue weighted by Gasteiger charge is -2.08. The maximum Gasteiger partial charge on any atom is 0.307 e. The van der Waals surface area contributed by atoms with Crippen LogP contribution in [0.3, 0.4) is 0 Å². The average Bonchev–Trinajstić information content (AvgIpc) is 2.20. The molecule has 0 aromatic heterocycles. The van der Waals surface area contributed by atoms with Crippen molar-refractivity contribution >= 4 is 27.6 Å². The minimum absolute atomic E-state index is 0.107. The number of carbonyl (C=O) groups is 1. The molecule has 0 unspecified atom stereocenters. The van der Waals surface area contributed by atoms with Gasteiger partial charge in [-0.1, -0.05) is 17.7 Å². The van der Waals surface area contributed by atoms with Crippen LogP contribution in [0.5, 0.6) is 0 Å². The lowest BCUT2D eigenvalue weighted by atomic mass is 10.1. The second-order valence-electron chi connectivity index (χ2n) is 3.03. The number of carboxylic acids is 1. The molecule has 16 heavy (non-hydrogen) atoms. The molecule has 2 N–H and O–H groups in total. The van der Waals surface area contributed by atoms with Gasteiger partial charge < -0.3 is 5.11 Å². The van der Waals surface area contributed by atoms with E-state index in [2.05, 4.69) is 4.72 Å². The third kappa shape index (κ3) is 2.94. The van der Waals surface area contributed by atoms with E-state index in [9.17, 15) is 13.2 Å². The van der Waals surface area contributed by atoms with Gasteiger partial charge in [0.15, 0.2) is 0 Å². The molecule has 0 saturated carbocycles. The summed E-state index contributed by atoms with van der Waals surface area (Å²) in [5.41, 5.74) is 0.200. The van der Waals surface area contributed by atoms with E-state index in [1.54, 1.807) is 0 Å². The van der Waals surface area contributed by atoms with Crippen LogP contribution in [0.4, 0.5) is 0 Å². The van der Waals surface area contributed by atoms with Gasteiger partial charge in [-0.3, -0.25) is 4.79 Å². The van der Waals surface area contributed by atoms with Gasteiger partial charge in [-0.15, -0.1) is 0 Å². The molecule has 0 fully saturated rings. The summed E-state index contributed by atoms with van der Waals surface area (Å²) in [7, 11) is -2.44. The van der Waals surface area contributed by atoms with Crippen molar-refractivity contribution in [1.29, 1.82) is 0 Å². The van der Waals surface area contributed by atoms with Crippen LogP contribution in [0.15, 0.2) is 23.1 Å². The first-order chi connectivity index (χ1) is 7.36. The fraction of sp³-hybridized carbons (Fsp3) is 0.222. The van der Waals surface area contributed by atoms with Crippen molar-refractivity contribution < 1.29 is 18.3 Å². The molecule has 0 radical (unpaired) electrons. The molecule has 1 rings (SSSR count). The zero-order chi connectivity index (χ0) is 12.3. The van der Waals surface area contributed by atoms with Crippen molar-refractivity contribution in [2.24, 2.45) is 0 Å². The number of aliphatic carboxylic acids is 1. The largest absolute Gasteiger partial charge is 0.481 e. The van der Waals surface area contributed by atoms with E-state index in [4.69, 9.17) is 16.7 Å². The molecule has 88 valence electrons. The molecule has 0 heterocycles. The van der Waals surface area contributed by atoms with Gasteiger partial charge in [0.1, 0.15) is 0 Å². The highest BCUT2D eigenvalue weighted by Gasteiger charge is 2.18. The van der Waals surface area contributed by atoms with Crippen molar-refractivity contribution in [2.45, 2.75) is 11.3 Å². The van der Waals surface area contributed by atoms with E-state index in [1.807, 2.05) is 0 Å². The molecule has 5 nitrogen and oxygen atoms in total. The molecule has 0 aliphatic heterocycles. The Bertz CT molecular complexity index is 512. The first kappa shape index (κ1) is 13.0. The van der Waals surface area contributed by atoms with E-state index in [0.29, 0.717) is 0 Å². The van der Waals surface area contributed by atoms with Crippen LogP contribution >= 0.6 is 11.6 Å². The maximum atomic E-state index is 11.6. The first-order valence-corrected chi connectivity index (χ1v) is 6.16. The fourth-order valence-corrected chi connectivity index (χ4v) is 2.42. The van der Waals surface area contributed by atoms with Gasteiger partial charge in [-0.05, 0) is 24.7 Å². The predicted molar refractivity (Wildman–Crippen MR) is 59.0 cm³/mol. The number of halogens is 1. The number of hydrogen-bond donors (Lipinski definition) is 2. The predicted octanol–water partition coefficient (Wildman–Crippen LogP) is 0.875. The van der Waals surface area contributed by atoms with Gasteiger partial charge in [-0.2, -0.15) is 0 Å². The van der Waals surface area contributed by atoms with Crippen LogP contribution in [-0.2, 0) is 21.2 Å². The summed E-state index contributed by atoms with van der Waals surface area (Å²) in [5.74, 6) is -1.10. The quantitative estimate of drug-likeness (QED) is 0.845. The number of rotatable bonds is 4. The molecule has 0 amide bonds. The Hall–Kier alpha value is -1.11. The van der Waals surface area contributed by atoms with Gasteiger partial charge in [0.2, 0.25) is 10.0 Å². The van der Waals surface area contributed by atoms with Crippen LogP contribution in [0.2, 0.25) is 5.02 Å². The van der Waals surface area contributed by atoms with Crippen molar-refractivity contribution in [1.82, 2.24) is 4.72 Å². The molecular weight excluding hydrogens is 254 g/mol. The smallest absolute Gasteiger partial charge is 0.307 e. The minimum Gasteiger partial charge on any atom is -0.481 e. The summed E-state index contributed by atoms with van der Waals surface area (Å²) in [6, 6.07) is 4.07. The maximum absolute atomic E-state index is 11.6. The Labute approximate surface area is 98.1 Å². The minimum atomic E-state index is -3.69. The van der Waals surface area contributed by atoms with Crippen molar-refractivity contribution in [3.63, 3.8) is 0 Å². The highest BCUT2D eigenvalue weighted by molar-refractivity contribution is 7.89. The van der Waals surface area contributed by atoms with Crippen LogP contribution in [0, 0.1) is 0 Å². The summed E-state index contributed by atoms with van der Waals surface area (Å²) in [5, 5.41) is 8.89. The molecule has 7 heteroatoms. The number of hydrogen-bond acceptors (Lipinski definition) is 3. The Morgan fingerprint density at radius 3 is 2.62 bits per heavy atom. The lowest BCUT2D eigenvalue weighted by molar-refractivity contribution is -0.136. The van der Waals surface area contributed by atoms with Crippen molar-refractivity contribution in [3.05, 3.63) is 28.8 Å². The monoisotopic (exact) mass is 263 g/mol. The van der Waals surface area contributed by atoms with Gasteiger partial charge in [-0.25, -0.2) is 13.1 Å². The van der Waals surface area contributed by atoms with Crippen LogP contribution < -0.4 is 4.72 Å². The fourth-order valence-electron chi connectivity index (χ4n) is 1.20. The molecule has 1 aromatic rings. The first-order valence-electron chi connectivity index (χ1n) is 4.30. The highest BCUT2D eigenvalue weighted by Crippen LogP contribution is 2.21. The highest BCUT2D eigenvalue weighted by atomic mass is 35.5. The lowest BCUT2D eigenvalue weighted by Crippen LogP contribution is -2.21. The molecular formula is C9H10ClNO4S. The Balaban J connectivity index is 3.34. The summed E-state index contributed by atoms with van der Waals surface area (Å²) in [6.45, 7) is 0. The van der Waals surface area contributed by atoms with Gasteiger partial charge in [0.25, 0.3) is 0 Å². The molecule has 0 atom stereocenters. The Morgan fingerprint density at radius 2 is 2.12 bits per heavy atom. The van der Waals surface area contributed by atoms with E-state index in [1.165, 1.54) is 25.2 Å². The number of benzene rings is 1. The summed E-state index contributed by atoms with van der Waals surface area (Å²) >= 11 is 5.68. The topological polar surface area (TPSA) is 83.5 Å². The Morgan fingerprint density at radius 1 is 1.50 bits per heavy atom. The third-order valence-electron chi connectivity index (χ3n) is 1.93. The summed E-state index contributed by atoms with van der Waals surface area (Å²) < 4.78 is 25.3.